The molecule has 0 N–H and O–H groups in total. The van der Waals surface area contributed by atoms with Crippen molar-refractivity contribution in [2.24, 2.45) is 0 Å². The minimum absolute atomic E-state index is 0.222. The van der Waals surface area contributed by atoms with Crippen molar-refractivity contribution in [3.8, 4) is 0 Å². The summed E-state index contributed by atoms with van der Waals surface area (Å²) in [7, 11) is -3.59. The van der Waals surface area contributed by atoms with Crippen LogP contribution in [0.1, 0.15) is 25.5 Å². The number of nitrogens with zero attached hydrogens (tertiary/aromatic N) is 1. The van der Waals surface area contributed by atoms with Gasteiger partial charge in [0.15, 0.2) is 0 Å². The molecule has 3 nitrogen and oxygen atoms in total. The Morgan fingerprint density at radius 2 is 1.50 bits per heavy atom. The van der Waals surface area contributed by atoms with Gasteiger partial charge in [0.25, 0.3) is 0 Å². The van der Waals surface area contributed by atoms with Crippen LogP contribution in [0, 0.1) is 0 Å². The van der Waals surface area contributed by atoms with Gasteiger partial charge in [-0.2, -0.15) is 4.31 Å². The van der Waals surface area contributed by atoms with Gasteiger partial charge >= 0.3 is 0 Å². The fourth-order valence-electron chi connectivity index (χ4n) is 3.10. The van der Waals surface area contributed by atoms with Crippen molar-refractivity contribution in [1.29, 1.82) is 0 Å². The standard InChI is InChI=1S/C20H21NO2S/c1-3-21(16(2)17-10-5-4-6-11-17)24(22,23)20-15-9-13-18-12-7-8-14-19(18)20/h4-16H,3H2,1-2H3/t16-/m0/s1. The van der Waals surface area contributed by atoms with Gasteiger partial charge in [0.05, 0.1) is 4.90 Å². The Morgan fingerprint density at radius 3 is 2.21 bits per heavy atom. The van der Waals surface area contributed by atoms with Crippen LogP contribution in [0.5, 0.6) is 0 Å². The van der Waals surface area contributed by atoms with E-state index >= 15 is 0 Å². The summed E-state index contributed by atoms with van der Waals surface area (Å²) in [6.07, 6.45) is 0. The molecule has 0 saturated heterocycles. The average molecular weight is 339 g/mol. The van der Waals surface area contributed by atoms with Crippen LogP contribution >= 0.6 is 0 Å². The molecule has 0 unspecified atom stereocenters. The first-order valence-corrected chi connectivity index (χ1v) is 9.54. The molecule has 124 valence electrons. The van der Waals surface area contributed by atoms with Gasteiger partial charge in [-0.25, -0.2) is 8.42 Å². The van der Waals surface area contributed by atoms with Crippen molar-refractivity contribution < 1.29 is 8.42 Å². The second kappa shape index (κ2) is 6.75. The van der Waals surface area contributed by atoms with E-state index in [9.17, 15) is 8.42 Å². The van der Waals surface area contributed by atoms with Crippen LogP contribution in [0.15, 0.2) is 77.7 Å². The van der Waals surface area contributed by atoms with E-state index in [0.29, 0.717) is 11.4 Å². The van der Waals surface area contributed by atoms with Crippen LogP contribution in [-0.4, -0.2) is 19.3 Å². The second-order valence-corrected chi connectivity index (χ2v) is 7.63. The number of fused-ring (bicyclic) bond motifs is 1. The van der Waals surface area contributed by atoms with E-state index in [1.165, 1.54) is 0 Å². The maximum absolute atomic E-state index is 13.3. The number of hydrogen-bond donors (Lipinski definition) is 0. The van der Waals surface area contributed by atoms with E-state index in [2.05, 4.69) is 0 Å². The predicted molar refractivity (Wildman–Crippen MR) is 98.4 cm³/mol. The van der Waals surface area contributed by atoms with E-state index in [1.54, 1.807) is 16.4 Å². The van der Waals surface area contributed by atoms with Gasteiger partial charge in [0.1, 0.15) is 0 Å². The first-order valence-electron chi connectivity index (χ1n) is 8.10. The molecular weight excluding hydrogens is 318 g/mol. The van der Waals surface area contributed by atoms with Gasteiger partial charge in [-0.3, -0.25) is 0 Å². The minimum atomic E-state index is -3.59. The predicted octanol–water partition coefficient (Wildman–Crippen LogP) is 4.61. The Bertz CT molecular complexity index is 931. The van der Waals surface area contributed by atoms with Gasteiger partial charge in [-0.05, 0) is 23.9 Å². The number of sulfonamides is 1. The Hall–Kier alpha value is -2.17. The number of rotatable bonds is 5. The van der Waals surface area contributed by atoms with Crippen molar-refractivity contribution in [3.05, 3.63) is 78.4 Å². The van der Waals surface area contributed by atoms with Crippen LogP contribution in [0.2, 0.25) is 0 Å². The van der Waals surface area contributed by atoms with Gasteiger partial charge < -0.3 is 0 Å². The monoisotopic (exact) mass is 339 g/mol. The van der Waals surface area contributed by atoms with Crippen molar-refractivity contribution >= 4 is 20.8 Å². The Morgan fingerprint density at radius 1 is 0.875 bits per heavy atom. The van der Waals surface area contributed by atoms with Crippen LogP contribution < -0.4 is 0 Å². The topological polar surface area (TPSA) is 37.4 Å². The molecule has 0 bridgehead atoms. The van der Waals surface area contributed by atoms with Crippen LogP contribution in [0.25, 0.3) is 10.8 Å². The summed E-state index contributed by atoms with van der Waals surface area (Å²) in [5.41, 5.74) is 0.989. The number of hydrogen-bond acceptors (Lipinski definition) is 2. The first-order chi connectivity index (χ1) is 11.6. The molecule has 4 heteroatoms. The Kier molecular flexibility index (Phi) is 4.69. The smallest absolute Gasteiger partial charge is 0.207 e. The fourth-order valence-corrected chi connectivity index (χ4v) is 4.94. The average Bonchev–Trinajstić information content (AvgIpc) is 2.62. The van der Waals surface area contributed by atoms with Crippen LogP contribution in [0.4, 0.5) is 0 Å². The van der Waals surface area contributed by atoms with E-state index in [-0.39, 0.29) is 6.04 Å². The number of benzene rings is 3. The van der Waals surface area contributed by atoms with Gasteiger partial charge in [-0.1, -0.05) is 73.7 Å². The zero-order valence-electron chi connectivity index (χ0n) is 13.9. The molecule has 0 radical (unpaired) electrons. The summed E-state index contributed by atoms with van der Waals surface area (Å²) >= 11 is 0. The molecule has 0 aliphatic carbocycles. The summed E-state index contributed by atoms with van der Waals surface area (Å²) in [5, 5.41) is 1.70. The highest BCUT2D eigenvalue weighted by atomic mass is 32.2. The van der Waals surface area contributed by atoms with Crippen molar-refractivity contribution in [1.82, 2.24) is 4.31 Å². The molecular formula is C20H21NO2S. The lowest BCUT2D eigenvalue weighted by Crippen LogP contribution is -2.33. The quantitative estimate of drug-likeness (QED) is 0.680. The first kappa shape index (κ1) is 16.7. The van der Waals surface area contributed by atoms with Crippen LogP contribution in [0.3, 0.4) is 0 Å². The highest BCUT2D eigenvalue weighted by Gasteiger charge is 2.29. The van der Waals surface area contributed by atoms with Gasteiger partial charge in [0.2, 0.25) is 10.0 Å². The SMILES string of the molecule is CCN([C@@H](C)c1ccccc1)S(=O)(=O)c1cccc2ccccc12. The molecule has 0 aliphatic heterocycles. The Balaban J connectivity index is 2.10. The molecule has 3 aromatic carbocycles. The van der Waals surface area contributed by atoms with Crippen LogP contribution in [-0.2, 0) is 10.0 Å². The molecule has 0 aliphatic rings. The highest BCUT2D eigenvalue weighted by Crippen LogP contribution is 2.31. The fraction of sp³-hybridized carbons (Fsp3) is 0.200. The molecule has 24 heavy (non-hydrogen) atoms. The van der Waals surface area contributed by atoms with E-state index in [4.69, 9.17) is 0 Å². The maximum atomic E-state index is 13.3. The second-order valence-electron chi connectivity index (χ2n) is 5.77. The van der Waals surface area contributed by atoms with Crippen molar-refractivity contribution in [2.45, 2.75) is 24.8 Å². The summed E-state index contributed by atoms with van der Waals surface area (Å²) in [6, 6.07) is 22.5. The third kappa shape index (κ3) is 2.95. The largest absolute Gasteiger partial charge is 0.244 e. The molecule has 3 rings (SSSR count). The maximum Gasteiger partial charge on any atom is 0.244 e. The lowest BCUT2D eigenvalue weighted by Gasteiger charge is -2.28. The molecule has 1 atom stereocenters. The molecule has 0 aromatic heterocycles. The zero-order chi connectivity index (χ0) is 17.2. The minimum Gasteiger partial charge on any atom is -0.207 e. The molecule has 0 saturated carbocycles. The molecule has 0 fully saturated rings. The normalized spacial score (nSPS) is 13.3. The molecule has 3 aromatic rings. The lowest BCUT2D eigenvalue weighted by molar-refractivity contribution is 0.357. The highest BCUT2D eigenvalue weighted by molar-refractivity contribution is 7.89. The van der Waals surface area contributed by atoms with Gasteiger partial charge in [-0.15, -0.1) is 0 Å². The Labute approximate surface area is 143 Å². The van der Waals surface area contributed by atoms with E-state index in [0.717, 1.165) is 16.3 Å². The molecule has 0 spiro atoms. The lowest BCUT2D eigenvalue weighted by atomic mass is 10.1. The van der Waals surface area contributed by atoms with Crippen molar-refractivity contribution in [3.63, 3.8) is 0 Å². The summed E-state index contributed by atoms with van der Waals surface area (Å²) < 4.78 is 28.2. The third-order valence-electron chi connectivity index (χ3n) is 4.36. The summed E-state index contributed by atoms with van der Waals surface area (Å²) in [5.74, 6) is 0. The third-order valence-corrected chi connectivity index (χ3v) is 6.47. The summed E-state index contributed by atoms with van der Waals surface area (Å²) in [4.78, 5) is 0.366. The zero-order valence-corrected chi connectivity index (χ0v) is 14.7. The van der Waals surface area contributed by atoms with Crippen molar-refractivity contribution in [2.75, 3.05) is 6.54 Å². The molecule has 0 heterocycles. The van der Waals surface area contributed by atoms with E-state index in [1.807, 2.05) is 74.5 Å². The van der Waals surface area contributed by atoms with Gasteiger partial charge in [0, 0.05) is 18.0 Å². The summed E-state index contributed by atoms with van der Waals surface area (Å²) in [6.45, 7) is 4.23. The van der Waals surface area contributed by atoms with E-state index < -0.39 is 10.0 Å². The molecule has 0 amide bonds.